The summed E-state index contributed by atoms with van der Waals surface area (Å²) in [5.74, 6) is -1.01. The standard InChI is InChI=1S/C14H17N3O3/c1-9(2)16-13(18)5-6-17-8-15-11-4-3-10(14(19)20)7-12(11)17/h3-4,7-9H,5-6H2,1-2H3,(H,16,18)(H,19,20). The highest BCUT2D eigenvalue weighted by molar-refractivity contribution is 5.92. The lowest BCUT2D eigenvalue weighted by Crippen LogP contribution is -2.30. The Bertz CT molecular complexity index is 646. The van der Waals surface area contributed by atoms with E-state index in [0.717, 1.165) is 11.0 Å². The van der Waals surface area contributed by atoms with Crippen LogP contribution in [0.2, 0.25) is 0 Å². The molecule has 6 heteroatoms. The fourth-order valence-electron chi connectivity index (χ4n) is 1.98. The monoisotopic (exact) mass is 275 g/mol. The van der Waals surface area contributed by atoms with Gasteiger partial charge in [-0.05, 0) is 32.0 Å². The molecule has 0 saturated heterocycles. The summed E-state index contributed by atoms with van der Waals surface area (Å²) in [6, 6.07) is 4.88. The van der Waals surface area contributed by atoms with Crippen molar-refractivity contribution in [2.45, 2.75) is 32.9 Å². The van der Waals surface area contributed by atoms with Crippen molar-refractivity contribution in [2.24, 2.45) is 0 Å². The molecule has 106 valence electrons. The van der Waals surface area contributed by atoms with Gasteiger partial charge in [0.1, 0.15) is 0 Å². The molecule has 0 unspecified atom stereocenters. The number of nitrogens with zero attached hydrogens (tertiary/aromatic N) is 2. The van der Waals surface area contributed by atoms with E-state index in [1.165, 1.54) is 6.07 Å². The summed E-state index contributed by atoms with van der Waals surface area (Å²) >= 11 is 0. The third kappa shape index (κ3) is 3.14. The Morgan fingerprint density at radius 2 is 2.15 bits per heavy atom. The van der Waals surface area contributed by atoms with Crippen molar-refractivity contribution in [1.29, 1.82) is 0 Å². The number of carboxylic acid groups (broad SMARTS) is 1. The minimum atomic E-state index is -0.975. The largest absolute Gasteiger partial charge is 0.478 e. The van der Waals surface area contributed by atoms with Gasteiger partial charge in [0, 0.05) is 19.0 Å². The minimum Gasteiger partial charge on any atom is -0.478 e. The number of rotatable bonds is 5. The zero-order valence-electron chi connectivity index (χ0n) is 11.5. The second-order valence-corrected chi connectivity index (χ2v) is 4.92. The molecule has 0 aliphatic carbocycles. The second kappa shape index (κ2) is 5.73. The number of imidazole rings is 1. The van der Waals surface area contributed by atoms with Crippen LogP contribution in [0.15, 0.2) is 24.5 Å². The fraction of sp³-hybridized carbons (Fsp3) is 0.357. The Morgan fingerprint density at radius 3 is 2.80 bits per heavy atom. The lowest BCUT2D eigenvalue weighted by atomic mass is 10.2. The molecule has 1 aromatic heterocycles. The summed E-state index contributed by atoms with van der Waals surface area (Å²) in [6.45, 7) is 4.28. The summed E-state index contributed by atoms with van der Waals surface area (Å²) < 4.78 is 1.79. The van der Waals surface area contributed by atoms with E-state index in [1.54, 1.807) is 23.0 Å². The van der Waals surface area contributed by atoms with Crippen molar-refractivity contribution in [1.82, 2.24) is 14.9 Å². The summed E-state index contributed by atoms with van der Waals surface area (Å²) in [5.41, 5.74) is 1.66. The number of amides is 1. The maximum atomic E-state index is 11.6. The first-order valence-corrected chi connectivity index (χ1v) is 6.45. The number of fused-ring (bicyclic) bond motifs is 1. The molecule has 0 saturated carbocycles. The van der Waals surface area contributed by atoms with Crippen LogP contribution >= 0.6 is 0 Å². The number of aromatic nitrogens is 2. The number of carbonyl (C=O) groups is 2. The van der Waals surface area contributed by atoms with Gasteiger partial charge in [-0.25, -0.2) is 9.78 Å². The predicted octanol–water partition coefficient (Wildman–Crippen LogP) is 1.65. The predicted molar refractivity (Wildman–Crippen MR) is 74.6 cm³/mol. The average molecular weight is 275 g/mol. The van der Waals surface area contributed by atoms with Gasteiger partial charge >= 0.3 is 5.97 Å². The Labute approximate surface area is 116 Å². The van der Waals surface area contributed by atoms with Gasteiger partial charge < -0.3 is 15.0 Å². The topological polar surface area (TPSA) is 84.2 Å². The van der Waals surface area contributed by atoms with E-state index < -0.39 is 5.97 Å². The Hall–Kier alpha value is -2.37. The maximum absolute atomic E-state index is 11.6. The van der Waals surface area contributed by atoms with E-state index in [4.69, 9.17) is 5.11 Å². The second-order valence-electron chi connectivity index (χ2n) is 4.92. The van der Waals surface area contributed by atoms with Gasteiger partial charge in [0.25, 0.3) is 0 Å². The quantitative estimate of drug-likeness (QED) is 0.869. The van der Waals surface area contributed by atoms with Gasteiger partial charge in [0.15, 0.2) is 0 Å². The summed E-state index contributed by atoms with van der Waals surface area (Å²) in [5, 5.41) is 11.8. The van der Waals surface area contributed by atoms with Crippen molar-refractivity contribution >= 4 is 22.9 Å². The SMILES string of the molecule is CC(C)NC(=O)CCn1cnc2ccc(C(=O)O)cc21. The van der Waals surface area contributed by atoms with Crippen LogP contribution in [0, 0.1) is 0 Å². The van der Waals surface area contributed by atoms with Gasteiger partial charge in [-0.2, -0.15) is 0 Å². The first-order chi connectivity index (χ1) is 9.47. The van der Waals surface area contributed by atoms with Crippen LogP contribution in [0.1, 0.15) is 30.6 Å². The third-order valence-corrected chi connectivity index (χ3v) is 2.90. The number of hydrogen-bond donors (Lipinski definition) is 2. The molecule has 0 fully saturated rings. The Morgan fingerprint density at radius 1 is 1.40 bits per heavy atom. The van der Waals surface area contributed by atoms with Crippen molar-refractivity contribution in [2.75, 3.05) is 0 Å². The van der Waals surface area contributed by atoms with Crippen molar-refractivity contribution in [3.8, 4) is 0 Å². The highest BCUT2D eigenvalue weighted by atomic mass is 16.4. The van der Waals surface area contributed by atoms with Crippen LogP contribution in [-0.4, -0.2) is 32.6 Å². The molecule has 6 nitrogen and oxygen atoms in total. The maximum Gasteiger partial charge on any atom is 0.335 e. The van der Waals surface area contributed by atoms with E-state index in [-0.39, 0.29) is 17.5 Å². The zero-order chi connectivity index (χ0) is 14.7. The molecule has 1 amide bonds. The highest BCUT2D eigenvalue weighted by Gasteiger charge is 2.09. The molecule has 0 spiro atoms. The van der Waals surface area contributed by atoms with Crippen molar-refractivity contribution in [3.05, 3.63) is 30.1 Å². The molecule has 0 bridgehead atoms. The molecule has 2 rings (SSSR count). The lowest BCUT2D eigenvalue weighted by Gasteiger charge is -2.09. The summed E-state index contributed by atoms with van der Waals surface area (Å²) in [7, 11) is 0. The molecule has 0 radical (unpaired) electrons. The fourth-order valence-corrected chi connectivity index (χ4v) is 1.98. The Balaban J connectivity index is 2.16. The smallest absolute Gasteiger partial charge is 0.335 e. The number of nitrogens with one attached hydrogen (secondary N) is 1. The van der Waals surface area contributed by atoms with E-state index in [0.29, 0.717) is 13.0 Å². The van der Waals surface area contributed by atoms with Crippen LogP contribution in [0.25, 0.3) is 11.0 Å². The van der Waals surface area contributed by atoms with Gasteiger partial charge in [-0.3, -0.25) is 4.79 Å². The number of carboxylic acids is 1. The number of hydrogen-bond acceptors (Lipinski definition) is 3. The Kier molecular flexibility index (Phi) is 4.02. The first-order valence-electron chi connectivity index (χ1n) is 6.45. The molecular formula is C14H17N3O3. The third-order valence-electron chi connectivity index (χ3n) is 2.90. The van der Waals surface area contributed by atoms with Gasteiger partial charge in [0.05, 0.1) is 22.9 Å². The number of aryl methyl sites for hydroxylation is 1. The van der Waals surface area contributed by atoms with Gasteiger partial charge in [0.2, 0.25) is 5.91 Å². The molecule has 20 heavy (non-hydrogen) atoms. The first kappa shape index (κ1) is 14.0. The number of carbonyl (C=O) groups excluding carboxylic acids is 1. The van der Waals surface area contributed by atoms with Crippen LogP contribution < -0.4 is 5.32 Å². The normalized spacial score (nSPS) is 10.9. The lowest BCUT2D eigenvalue weighted by molar-refractivity contribution is -0.121. The summed E-state index contributed by atoms with van der Waals surface area (Å²) in [4.78, 5) is 26.8. The molecule has 1 heterocycles. The van der Waals surface area contributed by atoms with Crippen molar-refractivity contribution in [3.63, 3.8) is 0 Å². The molecule has 2 aromatic rings. The van der Waals surface area contributed by atoms with E-state index in [9.17, 15) is 9.59 Å². The van der Waals surface area contributed by atoms with Crippen LogP contribution in [0.4, 0.5) is 0 Å². The molecule has 2 N–H and O–H groups in total. The molecule has 0 atom stereocenters. The van der Waals surface area contributed by atoms with E-state index in [1.807, 2.05) is 13.8 Å². The number of benzene rings is 1. The van der Waals surface area contributed by atoms with Crippen LogP contribution in [-0.2, 0) is 11.3 Å². The average Bonchev–Trinajstić information content (AvgIpc) is 2.77. The van der Waals surface area contributed by atoms with E-state index >= 15 is 0 Å². The van der Waals surface area contributed by atoms with Gasteiger partial charge in [-0.15, -0.1) is 0 Å². The molecule has 1 aromatic carbocycles. The minimum absolute atomic E-state index is 0.0313. The van der Waals surface area contributed by atoms with Crippen LogP contribution in [0.3, 0.4) is 0 Å². The van der Waals surface area contributed by atoms with Gasteiger partial charge in [-0.1, -0.05) is 0 Å². The molecule has 0 aliphatic heterocycles. The zero-order valence-corrected chi connectivity index (χ0v) is 11.5. The van der Waals surface area contributed by atoms with Crippen LogP contribution in [0.5, 0.6) is 0 Å². The summed E-state index contributed by atoms with van der Waals surface area (Å²) in [6.07, 6.45) is 1.96. The van der Waals surface area contributed by atoms with E-state index in [2.05, 4.69) is 10.3 Å². The molecule has 0 aliphatic rings. The molecular weight excluding hydrogens is 258 g/mol. The highest BCUT2D eigenvalue weighted by Crippen LogP contribution is 2.15. The number of aromatic carboxylic acids is 1. The van der Waals surface area contributed by atoms with Crippen molar-refractivity contribution < 1.29 is 14.7 Å².